The predicted molar refractivity (Wildman–Crippen MR) is 106 cm³/mol. The van der Waals surface area contributed by atoms with Crippen LogP contribution in [0, 0.1) is 0 Å². The molecule has 0 saturated carbocycles. The molecule has 3 aromatic rings. The van der Waals surface area contributed by atoms with Crippen LogP contribution < -0.4 is 5.32 Å². The molecule has 0 bridgehead atoms. The van der Waals surface area contributed by atoms with Crippen molar-refractivity contribution in [1.82, 2.24) is 9.29 Å². The number of nitrogens with zero attached hydrogens (tertiary/aromatic N) is 2. The Morgan fingerprint density at radius 3 is 2.54 bits per heavy atom. The van der Waals surface area contributed by atoms with Crippen LogP contribution in [-0.4, -0.2) is 36.7 Å². The van der Waals surface area contributed by atoms with Crippen molar-refractivity contribution in [3.8, 4) is 0 Å². The van der Waals surface area contributed by atoms with Crippen LogP contribution in [0.2, 0.25) is 0 Å². The number of nitrogens with one attached hydrogen (secondary N) is 1. The Kier molecular flexibility index (Phi) is 4.91. The van der Waals surface area contributed by atoms with Gasteiger partial charge in [0.2, 0.25) is 10.0 Å². The average Bonchev–Trinajstić information content (AvgIpc) is 3.37. The van der Waals surface area contributed by atoms with Crippen LogP contribution in [0.15, 0.2) is 51.8 Å². The Bertz CT molecular complexity index is 1110. The summed E-state index contributed by atoms with van der Waals surface area (Å²) in [4.78, 5) is 17.1. The Hall–Kier alpha value is -2.71. The third-order valence-corrected chi connectivity index (χ3v) is 6.72. The highest BCUT2D eigenvalue weighted by Crippen LogP contribution is 2.23. The number of aryl methyl sites for hydroxylation is 1. The molecule has 1 N–H and O–H groups in total. The van der Waals surface area contributed by atoms with Crippen LogP contribution in [0.5, 0.6) is 0 Å². The summed E-state index contributed by atoms with van der Waals surface area (Å²) in [5, 5.41) is 2.81. The van der Waals surface area contributed by atoms with Gasteiger partial charge in [0.15, 0.2) is 11.5 Å². The van der Waals surface area contributed by atoms with Crippen LogP contribution in [-0.2, 0) is 16.4 Å². The fraction of sp³-hybridized carbons (Fsp3) is 0.300. The summed E-state index contributed by atoms with van der Waals surface area (Å²) in [5.74, 6) is 0.331. The fourth-order valence-electron chi connectivity index (χ4n) is 3.26. The van der Waals surface area contributed by atoms with Gasteiger partial charge in [-0.05, 0) is 55.3 Å². The van der Waals surface area contributed by atoms with Gasteiger partial charge in [-0.1, -0.05) is 6.92 Å². The second-order valence-electron chi connectivity index (χ2n) is 6.73. The van der Waals surface area contributed by atoms with E-state index in [1.54, 1.807) is 18.2 Å². The van der Waals surface area contributed by atoms with Crippen molar-refractivity contribution in [2.75, 3.05) is 18.4 Å². The molecular formula is C20H21N3O4S. The van der Waals surface area contributed by atoms with Gasteiger partial charge in [-0.2, -0.15) is 4.31 Å². The molecule has 1 aromatic heterocycles. The molecule has 0 radical (unpaired) electrons. The molecule has 0 unspecified atom stereocenters. The maximum absolute atomic E-state index is 12.6. The summed E-state index contributed by atoms with van der Waals surface area (Å²) in [5.41, 5.74) is 2.34. The van der Waals surface area contributed by atoms with E-state index >= 15 is 0 Å². The molecule has 0 aliphatic carbocycles. The van der Waals surface area contributed by atoms with Crippen molar-refractivity contribution < 1.29 is 17.6 Å². The zero-order chi connectivity index (χ0) is 19.7. The highest BCUT2D eigenvalue weighted by atomic mass is 32.2. The molecule has 1 amide bonds. The Morgan fingerprint density at radius 1 is 1.14 bits per heavy atom. The zero-order valence-electron chi connectivity index (χ0n) is 15.5. The first-order valence-corrected chi connectivity index (χ1v) is 10.7. The van der Waals surface area contributed by atoms with Gasteiger partial charge >= 0.3 is 0 Å². The van der Waals surface area contributed by atoms with Crippen molar-refractivity contribution >= 4 is 32.7 Å². The highest BCUT2D eigenvalue weighted by Gasteiger charge is 2.27. The average molecular weight is 399 g/mol. The molecule has 1 fully saturated rings. The van der Waals surface area contributed by atoms with Gasteiger partial charge in [0.25, 0.3) is 5.91 Å². The van der Waals surface area contributed by atoms with Crippen molar-refractivity contribution in [1.29, 1.82) is 0 Å². The standard InChI is InChI=1S/C20H21N3O4S/c1-2-19-22-17-13-15(7-10-18(17)27-19)21-20(24)14-5-8-16(9-6-14)28(25,26)23-11-3-4-12-23/h5-10,13H,2-4,11-12H2,1H3,(H,21,24). The summed E-state index contributed by atoms with van der Waals surface area (Å²) in [7, 11) is -3.48. The van der Waals surface area contributed by atoms with Crippen molar-refractivity contribution in [2.24, 2.45) is 0 Å². The summed E-state index contributed by atoms with van der Waals surface area (Å²) in [6.07, 6.45) is 2.47. The molecule has 2 heterocycles. The summed E-state index contributed by atoms with van der Waals surface area (Å²) in [6.45, 7) is 3.06. The van der Waals surface area contributed by atoms with Crippen molar-refractivity contribution in [3.63, 3.8) is 0 Å². The van der Waals surface area contributed by atoms with Gasteiger partial charge in [-0.3, -0.25) is 4.79 Å². The molecule has 146 valence electrons. The van der Waals surface area contributed by atoms with Gasteiger partial charge in [0.1, 0.15) is 5.52 Å². The minimum atomic E-state index is -3.48. The number of benzene rings is 2. The fourth-order valence-corrected chi connectivity index (χ4v) is 4.78. The maximum Gasteiger partial charge on any atom is 0.255 e. The molecule has 1 aliphatic rings. The van der Waals surface area contributed by atoms with E-state index in [1.807, 2.05) is 6.92 Å². The second kappa shape index (κ2) is 7.37. The van der Waals surface area contributed by atoms with Gasteiger partial charge in [-0.25, -0.2) is 13.4 Å². The van der Waals surface area contributed by atoms with Crippen LogP contribution in [0.1, 0.15) is 36.0 Å². The lowest BCUT2D eigenvalue weighted by atomic mass is 10.2. The molecule has 1 aliphatic heterocycles. The highest BCUT2D eigenvalue weighted by molar-refractivity contribution is 7.89. The van der Waals surface area contributed by atoms with E-state index < -0.39 is 10.0 Å². The number of aromatic nitrogens is 1. The normalized spacial score (nSPS) is 15.2. The molecule has 0 atom stereocenters. The minimum Gasteiger partial charge on any atom is -0.441 e. The summed E-state index contributed by atoms with van der Waals surface area (Å²) in [6, 6.07) is 11.3. The van der Waals surface area contributed by atoms with Crippen molar-refractivity contribution in [2.45, 2.75) is 31.1 Å². The van der Waals surface area contributed by atoms with E-state index in [-0.39, 0.29) is 10.8 Å². The first kappa shape index (κ1) is 18.6. The molecule has 4 rings (SSSR count). The van der Waals surface area contributed by atoms with Gasteiger partial charge in [0.05, 0.1) is 4.90 Å². The SMILES string of the molecule is CCc1nc2cc(NC(=O)c3ccc(S(=O)(=O)N4CCCC4)cc3)ccc2o1. The first-order valence-electron chi connectivity index (χ1n) is 9.28. The van der Waals surface area contributed by atoms with E-state index in [4.69, 9.17) is 4.42 Å². The lowest BCUT2D eigenvalue weighted by Gasteiger charge is -2.15. The summed E-state index contributed by atoms with van der Waals surface area (Å²) >= 11 is 0. The van der Waals surface area contributed by atoms with Gasteiger partial charge in [0, 0.05) is 30.8 Å². The number of fused-ring (bicyclic) bond motifs is 1. The third-order valence-electron chi connectivity index (χ3n) is 4.81. The molecular weight excluding hydrogens is 378 g/mol. The Labute approximate surface area is 163 Å². The van der Waals surface area contributed by atoms with Crippen molar-refractivity contribution in [3.05, 3.63) is 53.9 Å². The Morgan fingerprint density at radius 2 is 1.86 bits per heavy atom. The molecule has 1 saturated heterocycles. The van der Waals surface area contributed by atoms with E-state index in [0.717, 1.165) is 12.8 Å². The number of amides is 1. The topological polar surface area (TPSA) is 92.5 Å². The van der Waals surface area contributed by atoms with Crippen LogP contribution in [0.25, 0.3) is 11.1 Å². The summed E-state index contributed by atoms with van der Waals surface area (Å²) < 4.78 is 32.2. The number of sulfonamides is 1. The molecule has 8 heteroatoms. The van der Waals surface area contributed by atoms with E-state index in [2.05, 4.69) is 10.3 Å². The molecule has 7 nitrogen and oxygen atoms in total. The number of hydrogen-bond acceptors (Lipinski definition) is 5. The largest absolute Gasteiger partial charge is 0.441 e. The van der Waals surface area contributed by atoms with Crippen LogP contribution in [0.4, 0.5) is 5.69 Å². The number of anilines is 1. The number of oxazole rings is 1. The van der Waals surface area contributed by atoms with Crippen LogP contribution in [0.3, 0.4) is 0 Å². The van der Waals surface area contributed by atoms with Gasteiger partial charge < -0.3 is 9.73 Å². The lowest BCUT2D eigenvalue weighted by Crippen LogP contribution is -2.27. The number of carbonyl (C=O) groups is 1. The number of rotatable bonds is 5. The Balaban J connectivity index is 1.50. The number of carbonyl (C=O) groups excluding carboxylic acids is 1. The second-order valence-corrected chi connectivity index (χ2v) is 8.67. The van der Waals surface area contributed by atoms with E-state index in [0.29, 0.717) is 47.8 Å². The monoisotopic (exact) mass is 399 g/mol. The van der Waals surface area contributed by atoms with Crippen LogP contribution >= 0.6 is 0 Å². The molecule has 28 heavy (non-hydrogen) atoms. The quantitative estimate of drug-likeness (QED) is 0.710. The first-order chi connectivity index (χ1) is 13.5. The molecule has 0 spiro atoms. The number of hydrogen-bond donors (Lipinski definition) is 1. The minimum absolute atomic E-state index is 0.210. The lowest BCUT2D eigenvalue weighted by molar-refractivity contribution is 0.102. The third kappa shape index (κ3) is 3.53. The smallest absolute Gasteiger partial charge is 0.255 e. The predicted octanol–water partition coefficient (Wildman–Crippen LogP) is 3.43. The van der Waals surface area contributed by atoms with E-state index in [1.165, 1.54) is 28.6 Å². The maximum atomic E-state index is 12.6. The van der Waals surface area contributed by atoms with Gasteiger partial charge in [-0.15, -0.1) is 0 Å². The van der Waals surface area contributed by atoms with E-state index in [9.17, 15) is 13.2 Å². The molecule has 2 aromatic carbocycles. The zero-order valence-corrected chi connectivity index (χ0v) is 16.3.